The molecule has 0 unspecified atom stereocenters. The molecule has 0 spiro atoms. The van der Waals surface area contributed by atoms with E-state index in [0.29, 0.717) is 23.7 Å². The number of nitrogens with zero attached hydrogens (tertiary/aromatic N) is 3. The van der Waals surface area contributed by atoms with Crippen molar-refractivity contribution in [3.63, 3.8) is 0 Å². The predicted molar refractivity (Wildman–Crippen MR) is 80.3 cm³/mol. The standard InChI is InChI=1S/C15H18ClN3O/c1-18(2)8-9-19-15(13(16)11-17-19)14(20)10-12-6-4-3-5-7-12/h3-7,11H,8-10H2,1-2H3. The van der Waals surface area contributed by atoms with Crippen LogP contribution in [0.4, 0.5) is 0 Å². The fourth-order valence-corrected chi connectivity index (χ4v) is 2.22. The van der Waals surface area contributed by atoms with E-state index in [1.54, 1.807) is 4.68 Å². The molecule has 2 aromatic rings. The molecule has 0 bridgehead atoms. The van der Waals surface area contributed by atoms with E-state index in [1.165, 1.54) is 6.20 Å². The zero-order valence-corrected chi connectivity index (χ0v) is 12.5. The molecule has 0 aliphatic carbocycles. The molecular formula is C15H18ClN3O. The third kappa shape index (κ3) is 3.68. The van der Waals surface area contributed by atoms with Crippen LogP contribution in [0.15, 0.2) is 36.5 Å². The second kappa shape index (κ2) is 6.68. The Kier molecular flexibility index (Phi) is 4.93. The highest BCUT2D eigenvalue weighted by atomic mass is 35.5. The number of hydrogen-bond acceptors (Lipinski definition) is 3. The van der Waals surface area contributed by atoms with Crippen molar-refractivity contribution in [3.05, 3.63) is 52.8 Å². The highest BCUT2D eigenvalue weighted by molar-refractivity contribution is 6.33. The van der Waals surface area contributed by atoms with Crippen LogP contribution in [0, 0.1) is 0 Å². The van der Waals surface area contributed by atoms with Gasteiger partial charge in [-0.15, -0.1) is 0 Å². The van der Waals surface area contributed by atoms with Gasteiger partial charge in [0.25, 0.3) is 0 Å². The van der Waals surface area contributed by atoms with E-state index in [9.17, 15) is 4.79 Å². The van der Waals surface area contributed by atoms with E-state index in [-0.39, 0.29) is 5.78 Å². The van der Waals surface area contributed by atoms with Gasteiger partial charge in [0.2, 0.25) is 0 Å². The highest BCUT2D eigenvalue weighted by Gasteiger charge is 2.17. The Bertz CT molecular complexity index is 578. The number of benzene rings is 1. The van der Waals surface area contributed by atoms with Gasteiger partial charge in [-0.3, -0.25) is 9.48 Å². The summed E-state index contributed by atoms with van der Waals surface area (Å²) in [4.78, 5) is 14.4. The van der Waals surface area contributed by atoms with E-state index in [0.717, 1.165) is 12.1 Å². The smallest absolute Gasteiger partial charge is 0.186 e. The van der Waals surface area contributed by atoms with Gasteiger partial charge in [0.05, 0.1) is 17.8 Å². The molecule has 0 amide bonds. The monoisotopic (exact) mass is 291 g/mol. The molecule has 5 heteroatoms. The summed E-state index contributed by atoms with van der Waals surface area (Å²) in [6.45, 7) is 1.46. The van der Waals surface area contributed by atoms with Crippen molar-refractivity contribution in [3.8, 4) is 0 Å². The van der Waals surface area contributed by atoms with Crippen LogP contribution < -0.4 is 0 Å². The molecule has 0 saturated carbocycles. The number of Topliss-reactive ketones (excluding diaryl/α,β-unsaturated/α-hetero) is 1. The summed E-state index contributed by atoms with van der Waals surface area (Å²) in [5.74, 6) is -0.00236. The number of halogens is 1. The molecule has 4 nitrogen and oxygen atoms in total. The molecule has 1 aromatic heterocycles. The Morgan fingerprint density at radius 2 is 2.00 bits per heavy atom. The first-order valence-electron chi connectivity index (χ1n) is 6.51. The number of ketones is 1. The van der Waals surface area contributed by atoms with Crippen molar-refractivity contribution >= 4 is 17.4 Å². The Labute approximate surface area is 124 Å². The van der Waals surface area contributed by atoms with Gasteiger partial charge in [-0.05, 0) is 19.7 Å². The number of aromatic nitrogens is 2. The van der Waals surface area contributed by atoms with Crippen LogP contribution in [0.3, 0.4) is 0 Å². The van der Waals surface area contributed by atoms with Crippen molar-refractivity contribution < 1.29 is 4.79 Å². The van der Waals surface area contributed by atoms with Gasteiger partial charge in [-0.25, -0.2) is 0 Å². The molecule has 0 aliphatic rings. The van der Waals surface area contributed by atoms with Gasteiger partial charge in [-0.2, -0.15) is 5.10 Å². The third-order valence-electron chi connectivity index (χ3n) is 3.03. The lowest BCUT2D eigenvalue weighted by atomic mass is 10.1. The lowest BCUT2D eigenvalue weighted by Gasteiger charge is -2.11. The SMILES string of the molecule is CN(C)CCn1ncc(Cl)c1C(=O)Cc1ccccc1. The first-order valence-corrected chi connectivity index (χ1v) is 6.89. The van der Waals surface area contributed by atoms with Gasteiger partial charge in [0.15, 0.2) is 5.78 Å². The van der Waals surface area contributed by atoms with Gasteiger partial charge in [0, 0.05) is 13.0 Å². The summed E-state index contributed by atoms with van der Waals surface area (Å²) in [7, 11) is 3.97. The minimum Gasteiger partial charge on any atom is -0.308 e. The second-order valence-corrected chi connectivity index (χ2v) is 5.36. The topological polar surface area (TPSA) is 38.1 Å². The summed E-state index contributed by atoms with van der Waals surface area (Å²) in [6, 6.07) is 9.65. The average molecular weight is 292 g/mol. The zero-order chi connectivity index (χ0) is 14.5. The molecule has 0 saturated heterocycles. The molecule has 1 aromatic carbocycles. The number of rotatable bonds is 6. The highest BCUT2D eigenvalue weighted by Crippen LogP contribution is 2.17. The minimum absolute atomic E-state index is 0.00236. The predicted octanol–water partition coefficient (Wildman–Crippen LogP) is 2.52. The summed E-state index contributed by atoms with van der Waals surface area (Å²) in [5, 5.41) is 4.61. The van der Waals surface area contributed by atoms with Crippen LogP contribution in [0.1, 0.15) is 16.1 Å². The zero-order valence-electron chi connectivity index (χ0n) is 11.7. The lowest BCUT2D eigenvalue weighted by Crippen LogP contribution is -2.22. The fraction of sp³-hybridized carbons (Fsp3) is 0.333. The van der Waals surface area contributed by atoms with E-state index < -0.39 is 0 Å². The van der Waals surface area contributed by atoms with Crippen LogP contribution in [0.2, 0.25) is 5.02 Å². The molecule has 20 heavy (non-hydrogen) atoms. The van der Waals surface area contributed by atoms with Crippen molar-refractivity contribution in [2.75, 3.05) is 20.6 Å². The van der Waals surface area contributed by atoms with Crippen LogP contribution in [0.5, 0.6) is 0 Å². The Hall–Kier alpha value is -1.65. The third-order valence-corrected chi connectivity index (χ3v) is 3.30. The Morgan fingerprint density at radius 1 is 1.30 bits per heavy atom. The molecule has 0 N–H and O–H groups in total. The van der Waals surface area contributed by atoms with Crippen molar-refractivity contribution in [2.24, 2.45) is 0 Å². The van der Waals surface area contributed by atoms with Crippen molar-refractivity contribution in [1.29, 1.82) is 0 Å². The average Bonchev–Trinajstić information content (AvgIpc) is 2.78. The van der Waals surface area contributed by atoms with Crippen LogP contribution in [0.25, 0.3) is 0 Å². The summed E-state index contributed by atoms with van der Waals surface area (Å²) in [5.41, 5.74) is 1.48. The van der Waals surface area contributed by atoms with Crippen molar-refractivity contribution in [1.82, 2.24) is 14.7 Å². The largest absolute Gasteiger partial charge is 0.308 e. The Balaban J connectivity index is 2.15. The first kappa shape index (κ1) is 14.8. The second-order valence-electron chi connectivity index (χ2n) is 4.95. The summed E-state index contributed by atoms with van der Waals surface area (Å²) < 4.78 is 1.69. The first-order chi connectivity index (χ1) is 9.58. The fourth-order valence-electron chi connectivity index (χ4n) is 1.97. The normalized spacial score (nSPS) is 11.0. The Morgan fingerprint density at radius 3 is 2.65 bits per heavy atom. The summed E-state index contributed by atoms with van der Waals surface area (Å²) in [6.07, 6.45) is 1.88. The molecular weight excluding hydrogens is 274 g/mol. The molecule has 2 rings (SSSR count). The lowest BCUT2D eigenvalue weighted by molar-refractivity contribution is 0.0982. The van der Waals surface area contributed by atoms with Gasteiger partial charge in [-0.1, -0.05) is 41.9 Å². The number of likely N-dealkylation sites (N-methyl/N-ethyl adjacent to an activating group) is 1. The molecule has 0 radical (unpaired) electrons. The maximum absolute atomic E-state index is 12.4. The molecule has 0 atom stereocenters. The quantitative estimate of drug-likeness (QED) is 0.768. The maximum atomic E-state index is 12.4. The van der Waals surface area contributed by atoms with Crippen molar-refractivity contribution in [2.45, 2.75) is 13.0 Å². The molecule has 0 fully saturated rings. The number of carbonyl (C=O) groups is 1. The maximum Gasteiger partial charge on any atom is 0.186 e. The number of hydrogen-bond donors (Lipinski definition) is 0. The number of carbonyl (C=O) groups excluding carboxylic acids is 1. The van der Waals surface area contributed by atoms with Crippen LogP contribution >= 0.6 is 11.6 Å². The van der Waals surface area contributed by atoms with Gasteiger partial charge >= 0.3 is 0 Å². The molecule has 106 valence electrons. The molecule has 0 aliphatic heterocycles. The van der Waals surface area contributed by atoms with Crippen LogP contribution in [-0.2, 0) is 13.0 Å². The minimum atomic E-state index is -0.00236. The van der Waals surface area contributed by atoms with E-state index in [2.05, 4.69) is 5.10 Å². The molecule has 1 heterocycles. The van der Waals surface area contributed by atoms with E-state index in [4.69, 9.17) is 11.6 Å². The van der Waals surface area contributed by atoms with E-state index in [1.807, 2.05) is 49.3 Å². The summed E-state index contributed by atoms with van der Waals surface area (Å²) >= 11 is 6.10. The van der Waals surface area contributed by atoms with Crippen LogP contribution in [-0.4, -0.2) is 41.1 Å². The van der Waals surface area contributed by atoms with Gasteiger partial charge < -0.3 is 4.90 Å². The van der Waals surface area contributed by atoms with E-state index >= 15 is 0 Å². The van der Waals surface area contributed by atoms with Gasteiger partial charge in [0.1, 0.15) is 5.69 Å².